The Morgan fingerprint density at radius 3 is 3.18 bits per heavy atom. The van der Waals surface area contributed by atoms with Gasteiger partial charge < -0.3 is 5.32 Å². The van der Waals surface area contributed by atoms with Crippen LogP contribution in [0.5, 0.6) is 0 Å². The summed E-state index contributed by atoms with van der Waals surface area (Å²) in [6.45, 7) is 0. The molecule has 1 aromatic heterocycles. The van der Waals surface area contributed by atoms with Gasteiger partial charge >= 0.3 is 0 Å². The van der Waals surface area contributed by atoms with Gasteiger partial charge in [-0.1, -0.05) is 12.1 Å². The molecule has 0 fully saturated rings. The number of thiocarbonyl (C=S) groups is 1. The van der Waals surface area contributed by atoms with Crippen molar-refractivity contribution >= 4 is 34.2 Å². The highest BCUT2D eigenvalue weighted by atomic mass is 32.1. The Bertz CT molecular complexity index is 486. The molecular weight excluding hydrogens is 248 g/mol. The zero-order chi connectivity index (χ0) is 11.7. The van der Waals surface area contributed by atoms with Crippen LogP contribution < -0.4 is 10.6 Å². The molecule has 1 radical (unpaired) electrons. The van der Waals surface area contributed by atoms with Gasteiger partial charge in [0.2, 0.25) is 0 Å². The fourth-order valence-corrected chi connectivity index (χ4v) is 3.44. The molecule has 1 atom stereocenters. The monoisotopic (exact) mass is 261 g/mol. The standard InChI is InChI=1S/C13H13N2S2/c16-13-14-8-10(15-13)7-9-3-1-4-11(9)12-5-2-6-17-12/h2,4-6,8-9H,1,3,7H2,(H,14,16). The molecular formula is C13H13N2S2. The molecule has 2 nitrogen and oxygen atoms in total. The van der Waals surface area contributed by atoms with Crippen LogP contribution in [0.2, 0.25) is 0 Å². The zero-order valence-electron chi connectivity index (χ0n) is 9.35. The molecule has 1 aliphatic carbocycles. The van der Waals surface area contributed by atoms with Crippen LogP contribution in [0.3, 0.4) is 0 Å². The van der Waals surface area contributed by atoms with Gasteiger partial charge in [0.1, 0.15) is 0 Å². The number of hydrogen-bond acceptors (Lipinski definition) is 2. The van der Waals surface area contributed by atoms with E-state index in [0.29, 0.717) is 11.0 Å². The summed E-state index contributed by atoms with van der Waals surface area (Å²) in [7, 11) is 0. The highest BCUT2D eigenvalue weighted by molar-refractivity contribution is 7.80. The first kappa shape index (κ1) is 11.0. The van der Waals surface area contributed by atoms with Crippen molar-refractivity contribution in [3.05, 3.63) is 40.4 Å². The largest absolute Gasteiger partial charge is 0.336 e. The molecule has 3 rings (SSSR count). The smallest absolute Gasteiger partial charge is 0.197 e. The number of nitrogens with one attached hydrogen (secondary N) is 1. The van der Waals surface area contributed by atoms with Crippen LogP contribution in [-0.4, -0.2) is 5.11 Å². The van der Waals surface area contributed by atoms with Crippen LogP contribution in [0, 0.1) is 5.92 Å². The van der Waals surface area contributed by atoms with Crippen molar-refractivity contribution in [3.63, 3.8) is 0 Å². The highest BCUT2D eigenvalue weighted by Crippen LogP contribution is 2.39. The van der Waals surface area contributed by atoms with Crippen LogP contribution in [0.4, 0.5) is 0 Å². The van der Waals surface area contributed by atoms with E-state index in [1.54, 1.807) is 0 Å². The molecule has 0 bridgehead atoms. The van der Waals surface area contributed by atoms with Crippen LogP contribution in [0.25, 0.3) is 5.57 Å². The molecule has 1 N–H and O–H groups in total. The summed E-state index contributed by atoms with van der Waals surface area (Å²) >= 11 is 6.83. The Labute approximate surface area is 110 Å². The molecule has 4 heteroatoms. The summed E-state index contributed by atoms with van der Waals surface area (Å²) in [5.74, 6) is 0.603. The minimum absolute atomic E-state index is 0.597. The maximum Gasteiger partial charge on any atom is 0.197 e. The number of rotatable bonds is 3. The lowest BCUT2D eigenvalue weighted by molar-refractivity contribution is 0.629. The Kier molecular flexibility index (Phi) is 2.99. The quantitative estimate of drug-likeness (QED) is 0.845. The summed E-state index contributed by atoms with van der Waals surface area (Å²) < 4.78 is 0. The van der Waals surface area contributed by atoms with Gasteiger partial charge in [-0.25, -0.2) is 5.32 Å². The molecule has 0 amide bonds. The summed E-state index contributed by atoms with van der Waals surface area (Å²) in [4.78, 5) is 1.40. The first-order chi connectivity index (χ1) is 8.33. The Hall–Kier alpha value is -1.13. The number of thiophene rings is 1. The molecule has 1 unspecified atom stereocenters. The molecule has 1 aromatic rings. The van der Waals surface area contributed by atoms with Crippen molar-refractivity contribution in [2.24, 2.45) is 5.92 Å². The van der Waals surface area contributed by atoms with Crippen molar-refractivity contribution in [1.29, 1.82) is 0 Å². The third-order valence-corrected chi connectivity index (χ3v) is 4.32. The first-order valence-corrected chi connectivity index (χ1v) is 7.07. The third-order valence-electron chi connectivity index (χ3n) is 3.19. The number of nitrogens with zero attached hydrogens (tertiary/aromatic N) is 1. The van der Waals surface area contributed by atoms with E-state index in [4.69, 9.17) is 12.2 Å². The van der Waals surface area contributed by atoms with Gasteiger partial charge in [-0.05, 0) is 54.4 Å². The van der Waals surface area contributed by atoms with Crippen LogP contribution in [-0.2, 0) is 0 Å². The SMILES string of the molecule is S=C1[N]C(CC2CCC=C2c2cccs2)=CN1. The maximum atomic E-state index is 5.00. The lowest BCUT2D eigenvalue weighted by Gasteiger charge is -2.13. The third kappa shape index (κ3) is 2.28. The minimum Gasteiger partial charge on any atom is -0.336 e. The summed E-state index contributed by atoms with van der Waals surface area (Å²) in [5, 5.41) is 10.0. The molecule has 0 spiro atoms. The van der Waals surface area contributed by atoms with E-state index in [0.717, 1.165) is 12.1 Å². The van der Waals surface area contributed by atoms with Crippen LogP contribution >= 0.6 is 23.6 Å². The summed E-state index contributed by atoms with van der Waals surface area (Å²) in [6.07, 6.45) is 7.72. The van der Waals surface area contributed by atoms with Crippen molar-refractivity contribution in [3.8, 4) is 0 Å². The molecule has 17 heavy (non-hydrogen) atoms. The minimum atomic E-state index is 0.597. The van der Waals surface area contributed by atoms with Crippen molar-refractivity contribution in [2.45, 2.75) is 19.3 Å². The van der Waals surface area contributed by atoms with E-state index >= 15 is 0 Å². The lowest BCUT2D eigenvalue weighted by Crippen LogP contribution is -2.16. The summed E-state index contributed by atoms with van der Waals surface area (Å²) in [5.41, 5.74) is 2.58. The van der Waals surface area contributed by atoms with Gasteiger partial charge in [0.15, 0.2) is 5.11 Å². The molecule has 2 aliphatic rings. The topological polar surface area (TPSA) is 26.1 Å². The van der Waals surface area contributed by atoms with E-state index in [1.165, 1.54) is 23.3 Å². The molecule has 0 aromatic carbocycles. The second-order valence-corrected chi connectivity index (χ2v) is 5.65. The average Bonchev–Trinajstić information content (AvgIpc) is 3.00. The van der Waals surface area contributed by atoms with Crippen LogP contribution in [0.15, 0.2) is 35.5 Å². The second-order valence-electron chi connectivity index (χ2n) is 4.31. The second kappa shape index (κ2) is 4.63. The molecule has 1 aliphatic heterocycles. The van der Waals surface area contributed by atoms with Crippen molar-refractivity contribution < 1.29 is 0 Å². The van der Waals surface area contributed by atoms with E-state index in [9.17, 15) is 0 Å². The predicted molar refractivity (Wildman–Crippen MR) is 75.6 cm³/mol. The van der Waals surface area contributed by atoms with Gasteiger partial charge in [-0.3, -0.25) is 0 Å². The first-order valence-electron chi connectivity index (χ1n) is 5.78. The Morgan fingerprint density at radius 1 is 1.53 bits per heavy atom. The van der Waals surface area contributed by atoms with Crippen LogP contribution in [0.1, 0.15) is 24.1 Å². The lowest BCUT2D eigenvalue weighted by atomic mass is 9.95. The fraction of sp³-hybridized carbons (Fsp3) is 0.308. The van der Waals surface area contributed by atoms with Gasteiger partial charge in [-0.15, -0.1) is 11.3 Å². The fourth-order valence-electron chi connectivity index (χ4n) is 2.42. The maximum absolute atomic E-state index is 5.00. The Balaban J connectivity index is 1.72. The molecule has 0 saturated heterocycles. The van der Waals surface area contributed by atoms with E-state index in [1.807, 2.05) is 17.5 Å². The van der Waals surface area contributed by atoms with Crippen molar-refractivity contribution in [1.82, 2.24) is 10.6 Å². The average molecular weight is 261 g/mol. The molecule has 87 valence electrons. The number of hydrogen-bond donors (Lipinski definition) is 1. The zero-order valence-corrected chi connectivity index (χ0v) is 11.0. The Morgan fingerprint density at radius 2 is 2.47 bits per heavy atom. The predicted octanol–water partition coefficient (Wildman–Crippen LogP) is 3.27. The van der Waals surface area contributed by atoms with E-state index in [-0.39, 0.29) is 0 Å². The highest BCUT2D eigenvalue weighted by Gasteiger charge is 2.24. The van der Waals surface area contributed by atoms with Gasteiger partial charge in [0.05, 0.1) is 5.70 Å². The molecule has 2 heterocycles. The number of allylic oxidation sites excluding steroid dienone is 3. The van der Waals surface area contributed by atoms with Gasteiger partial charge in [-0.2, -0.15) is 0 Å². The van der Waals surface area contributed by atoms with Gasteiger partial charge in [0.25, 0.3) is 0 Å². The van der Waals surface area contributed by atoms with E-state index < -0.39 is 0 Å². The molecule has 0 saturated carbocycles. The van der Waals surface area contributed by atoms with Gasteiger partial charge in [0, 0.05) is 11.1 Å². The normalized spacial score (nSPS) is 23.1. The van der Waals surface area contributed by atoms with E-state index in [2.05, 4.69) is 34.2 Å². The summed E-state index contributed by atoms with van der Waals surface area (Å²) in [6, 6.07) is 4.32. The van der Waals surface area contributed by atoms with Crippen molar-refractivity contribution in [2.75, 3.05) is 0 Å².